The van der Waals surface area contributed by atoms with Crippen molar-refractivity contribution in [3.63, 3.8) is 0 Å². The summed E-state index contributed by atoms with van der Waals surface area (Å²) in [5.41, 5.74) is 1.52. The first-order valence-electron chi connectivity index (χ1n) is 11.2. The van der Waals surface area contributed by atoms with Gasteiger partial charge in [0.25, 0.3) is 0 Å². The molecule has 11 nitrogen and oxygen atoms in total. The van der Waals surface area contributed by atoms with Gasteiger partial charge in [-0.25, -0.2) is 23.7 Å². The lowest BCUT2D eigenvalue weighted by Gasteiger charge is -2.31. The second-order valence-corrected chi connectivity index (χ2v) is 8.08. The molecule has 3 aromatic rings. The molecule has 0 radical (unpaired) electrons. The lowest BCUT2D eigenvalue weighted by Crippen LogP contribution is -2.47. The lowest BCUT2D eigenvalue weighted by molar-refractivity contribution is -0.122. The third kappa shape index (κ3) is 4.87. The highest BCUT2D eigenvalue weighted by molar-refractivity contribution is 5.76. The van der Waals surface area contributed by atoms with E-state index in [1.807, 2.05) is 24.3 Å². The highest BCUT2D eigenvalue weighted by Crippen LogP contribution is 2.21. The van der Waals surface area contributed by atoms with E-state index in [4.69, 9.17) is 9.47 Å². The third-order valence-corrected chi connectivity index (χ3v) is 5.80. The quantitative estimate of drug-likeness (QED) is 0.584. The number of nitrogens with zero attached hydrogens (tertiary/aromatic N) is 5. The molecule has 1 aliphatic heterocycles. The number of benzene rings is 1. The summed E-state index contributed by atoms with van der Waals surface area (Å²) in [6.07, 6.45) is 0.916. The number of carbonyl (C=O) groups excluding carboxylic acids is 2. The summed E-state index contributed by atoms with van der Waals surface area (Å²) in [6.45, 7) is 4.65. The number of rotatable bonds is 6. The average Bonchev–Trinajstić information content (AvgIpc) is 3.15. The smallest absolute Gasteiger partial charge is 0.409 e. The molecule has 0 saturated carbocycles. The maximum atomic E-state index is 12.9. The summed E-state index contributed by atoms with van der Waals surface area (Å²) in [5, 5.41) is 7.29. The summed E-state index contributed by atoms with van der Waals surface area (Å²) in [6, 6.07) is 9.08. The highest BCUT2D eigenvalue weighted by atomic mass is 16.6. The first-order valence-corrected chi connectivity index (χ1v) is 11.2. The molecule has 3 heterocycles. The fourth-order valence-corrected chi connectivity index (χ4v) is 4.04. The van der Waals surface area contributed by atoms with Gasteiger partial charge in [-0.3, -0.25) is 4.79 Å². The normalized spacial score (nSPS) is 14.3. The van der Waals surface area contributed by atoms with Crippen molar-refractivity contribution < 1.29 is 19.1 Å². The number of amides is 2. The lowest BCUT2D eigenvalue weighted by atomic mass is 10.1. The average molecular weight is 469 g/mol. The Labute approximate surface area is 196 Å². The molecule has 1 N–H and O–H groups in total. The fraction of sp³-hybridized carbons (Fsp3) is 0.435. The molecule has 0 unspecified atom stereocenters. The molecule has 0 atom stereocenters. The van der Waals surface area contributed by atoms with Gasteiger partial charge in [-0.1, -0.05) is 0 Å². The zero-order valence-electron chi connectivity index (χ0n) is 19.5. The molecule has 1 aliphatic rings. The summed E-state index contributed by atoms with van der Waals surface area (Å²) in [4.78, 5) is 43.5. The molecule has 0 spiro atoms. The van der Waals surface area contributed by atoms with Crippen LogP contribution in [-0.2, 0) is 16.1 Å². The van der Waals surface area contributed by atoms with Crippen LogP contribution in [0.5, 0.6) is 5.75 Å². The van der Waals surface area contributed by atoms with E-state index < -0.39 is 5.69 Å². The molecule has 1 aromatic carbocycles. The number of carbonyl (C=O) groups is 2. The van der Waals surface area contributed by atoms with Crippen LogP contribution in [0, 0.1) is 6.92 Å². The van der Waals surface area contributed by atoms with Gasteiger partial charge in [0.05, 0.1) is 19.4 Å². The van der Waals surface area contributed by atoms with E-state index in [1.54, 1.807) is 31.9 Å². The van der Waals surface area contributed by atoms with Crippen molar-refractivity contribution >= 4 is 17.6 Å². The molecule has 2 amide bonds. The molecule has 11 heteroatoms. The van der Waals surface area contributed by atoms with Gasteiger partial charge < -0.3 is 19.7 Å². The molecule has 4 rings (SSSR count). The zero-order valence-corrected chi connectivity index (χ0v) is 19.5. The second kappa shape index (κ2) is 9.94. The summed E-state index contributed by atoms with van der Waals surface area (Å²) in [7, 11) is 1.60. The van der Waals surface area contributed by atoms with Crippen LogP contribution < -0.4 is 15.7 Å². The number of ether oxygens (including phenoxy) is 2. The number of nitrogens with one attached hydrogen (secondary N) is 1. The van der Waals surface area contributed by atoms with Gasteiger partial charge in [0.15, 0.2) is 5.65 Å². The van der Waals surface area contributed by atoms with E-state index in [-0.39, 0.29) is 24.6 Å². The van der Waals surface area contributed by atoms with E-state index in [0.717, 1.165) is 16.0 Å². The van der Waals surface area contributed by atoms with Crippen molar-refractivity contribution in [3.8, 4) is 17.0 Å². The standard InChI is InChI=1S/C23H28N6O5/c1-4-34-23(32)27-11-9-17(10-12-27)25-21(30)14-28-22(31)29-15(2)24-19(13-20(29)26-28)16-5-7-18(33-3)8-6-16/h5-8,13,17H,4,9-12,14H2,1-3H3,(H,25,30). The van der Waals surface area contributed by atoms with E-state index in [9.17, 15) is 14.4 Å². The Balaban J connectivity index is 1.44. The molecule has 34 heavy (non-hydrogen) atoms. The summed E-state index contributed by atoms with van der Waals surface area (Å²) < 4.78 is 12.7. The van der Waals surface area contributed by atoms with E-state index in [2.05, 4.69) is 15.4 Å². The van der Waals surface area contributed by atoms with Crippen LogP contribution in [0.4, 0.5) is 4.79 Å². The SMILES string of the molecule is CCOC(=O)N1CCC(NC(=O)Cn2nc3cc(-c4ccc(OC)cc4)nc(C)n3c2=O)CC1. The molecular formula is C23H28N6O5. The molecule has 1 fully saturated rings. The van der Waals surface area contributed by atoms with Gasteiger partial charge >= 0.3 is 11.8 Å². The molecular weight excluding hydrogens is 440 g/mol. The van der Waals surface area contributed by atoms with Gasteiger partial charge in [0.1, 0.15) is 18.1 Å². The van der Waals surface area contributed by atoms with Crippen LogP contribution in [0.25, 0.3) is 16.9 Å². The Morgan fingerprint density at radius 1 is 1.18 bits per heavy atom. The second-order valence-electron chi connectivity index (χ2n) is 8.08. The van der Waals surface area contributed by atoms with Crippen LogP contribution in [0.3, 0.4) is 0 Å². The number of hydrogen-bond acceptors (Lipinski definition) is 7. The van der Waals surface area contributed by atoms with Crippen molar-refractivity contribution in [2.75, 3.05) is 26.8 Å². The van der Waals surface area contributed by atoms with E-state index >= 15 is 0 Å². The minimum absolute atomic E-state index is 0.0732. The van der Waals surface area contributed by atoms with Gasteiger partial charge in [0, 0.05) is 30.8 Å². The van der Waals surface area contributed by atoms with Gasteiger partial charge in [-0.15, -0.1) is 5.10 Å². The Kier molecular flexibility index (Phi) is 6.80. The van der Waals surface area contributed by atoms with Crippen LogP contribution in [0.2, 0.25) is 0 Å². The highest BCUT2D eigenvalue weighted by Gasteiger charge is 2.25. The topological polar surface area (TPSA) is 120 Å². The first kappa shape index (κ1) is 23.3. The van der Waals surface area contributed by atoms with Crippen molar-refractivity contribution in [1.82, 2.24) is 29.4 Å². The van der Waals surface area contributed by atoms with Crippen LogP contribution in [0.15, 0.2) is 35.1 Å². The number of aryl methyl sites for hydroxylation is 1. The van der Waals surface area contributed by atoms with Crippen LogP contribution in [-0.4, -0.2) is 68.9 Å². The van der Waals surface area contributed by atoms with E-state index in [0.29, 0.717) is 49.7 Å². The van der Waals surface area contributed by atoms with Gasteiger partial charge in [-0.2, -0.15) is 0 Å². The Hall–Kier alpha value is -3.89. The first-order chi connectivity index (χ1) is 16.4. The number of methoxy groups -OCH3 is 1. The minimum atomic E-state index is -0.423. The molecule has 180 valence electrons. The van der Waals surface area contributed by atoms with Crippen molar-refractivity contribution in [1.29, 1.82) is 0 Å². The maximum absolute atomic E-state index is 12.9. The number of aromatic nitrogens is 4. The molecule has 1 saturated heterocycles. The third-order valence-electron chi connectivity index (χ3n) is 5.80. The monoisotopic (exact) mass is 468 g/mol. The Morgan fingerprint density at radius 3 is 2.53 bits per heavy atom. The zero-order chi connectivity index (χ0) is 24.2. The van der Waals surface area contributed by atoms with Crippen molar-refractivity contribution in [2.45, 2.75) is 39.3 Å². The van der Waals surface area contributed by atoms with Gasteiger partial charge in [0.2, 0.25) is 5.91 Å². The maximum Gasteiger partial charge on any atom is 0.409 e. The number of fused-ring (bicyclic) bond motifs is 1. The van der Waals surface area contributed by atoms with Crippen LogP contribution in [0.1, 0.15) is 25.6 Å². The van der Waals surface area contributed by atoms with Crippen molar-refractivity contribution in [2.24, 2.45) is 0 Å². The fourth-order valence-electron chi connectivity index (χ4n) is 4.04. The predicted octanol–water partition coefficient (Wildman–Crippen LogP) is 1.61. The summed E-state index contributed by atoms with van der Waals surface area (Å²) >= 11 is 0. The molecule has 0 aliphatic carbocycles. The molecule has 2 aromatic heterocycles. The number of likely N-dealkylation sites (tertiary alicyclic amines) is 1. The largest absolute Gasteiger partial charge is 0.497 e. The Bertz CT molecular complexity index is 1240. The Morgan fingerprint density at radius 2 is 1.88 bits per heavy atom. The predicted molar refractivity (Wildman–Crippen MR) is 124 cm³/mol. The van der Waals surface area contributed by atoms with Gasteiger partial charge in [-0.05, 0) is 51.0 Å². The van der Waals surface area contributed by atoms with Crippen LogP contribution >= 0.6 is 0 Å². The molecule has 0 bridgehead atoms. The minimum Gasteiger partial charge on any atom is -0.497 e. The summed E-state index contributed by atoms with van der Waals surface area (Å²) in [5.74, 6) is 0.909. The number of hydrogen-bond donors (Lipinski definition) is 1. The van der Waals surface area contributed by atoms with Crippen molar-refractivity contribution in [3.05, 3.63) is 46.6 Å². The van der Waals surface area contributed by atoms with E-state index in [1.165, 1.54) is 4.40 Å². The number of piperidine rings is 1.